The molecule has 0 amide bonds. The van der Waals surface area contributed by atoms with Gasteiger partial charge in [0, 0.05) is 22.4 Å². The lowest BCUT2D eigenvalue weighted by molar-refractivity contribution is 0.660. The number of nitrogens with zero attached hydrogens (tertiary/aromatic N) is 1. The van der Waals surface area contributed by atoms with Gasteiger partial charge in [0.15, 0.2) is 0 Å². The maximum absolute atomic E-state index is 2.45. The Morgan fingerprint density at radius 3 is 1.32 bits per heavy atom. The predicted molar refractivity (Wildman–Crippen MR) is 263 cm³/mol. The van der Waals surface area contributed by atoms with Crippen LogP contribution < -0.4 is 4.90 Å². The number of fused-ring (bicyclic) bond motifs is 4. The Morgan fingerprint density at radius 1 is 0.274 bits per heavy atom. The van der Waals surface area contributed by atoms with Gasteiger partial charge in [0.05, 0.1) is 5.69 Å². The molecule has 0 radical (unpaired) electrons. The van der Waals surface area contributed by atoms with Gasteiger partial charge in [-0.15, -0.1) is 0 Å². The minimum atomic E-state index is -0.207. The van der Waals surface area contributed by atoms with Crippen LogP contribution in [-0.4, -0.2) is 0 Å². The van der Waals surface area contributed by atoms with Crippen LogP contribution in [0.2, 0.25) is 0 Å². The van der Waals surface area contributed by atoms with Gasteiger partial charge < -0.3 is 4.90 Å². The second-order valence-electron chi connectivity index (χ2n) is 17.0. The molecule has 10 aromatic carbocycles. The second kappa shape index (κ2) is 15.4. The summed E-state index contributed by atoms with van der Waals surface area (Å²) in [6, 6.07) is 86.6. The van der Waals surface area contributed by atoms with Gasteiger partial charge in [0.1, 0.15) is 0 Å². The van der Waals surface area contributed by atoms with Crippen molar-refractivity contribution in [3.05, 3.63) is 248 Å². The minimum absolute atomic E-state index is 0.207. The topological polar surface area (TPSA) is 3.24 Å². The summed E-state index contributed by atoms with van der Waals surface area (Å²) in [5.74, 6) is 0. The molecule has 1 nitrogen and oxygen atoms in total. The first kappa shape index (κ1) is 37.3. The minimum Gasteiger partial charge on any atom is -0.310 e. The molecule has 1 heteroatoms. The maximum atomic E-state index is 2.45. The molecule has 1 aliphatic carbocycles. The van der Waals surface area contributed by atoms with E-state index in [0.29, 0.717) is 0 Å². The van der Waals surface area contributed by atoms with Gasteiger partial charge in [0.25, 0.3) is 0 Å². The molecule has 0 N–H and O–H groups in total. The van der Waals surface area contributed by atoms with Gasteiger partial charge >= 0.3 is 0 Å². The first-order chi connectivity index (χ1) is 30.5. The van der Waals surface area contributed by atoms with Crippen molar-refractivity contribution in [2.75, 3.05) is 4.90 Å². The molecule has 0 spiro atoms. The quantitative estimate of drug-likeness (QED) is 0.148. The van der Waals surface area contributed by atoms with Crippen molar-refractivity contribution in [2.24, 2.45) is 0 Å². The lowest BCUT2D eigenvalue weighted by Gasteiger charge is -2.30. The molecule has 294 valence electrons. The molecule has 0 aliphatic heterocycles. The summed E-state index contributed by atoms with van der Waals surface area (Å²) in [6.07, 6.45) is 0. The number of hydrogen-bond donors (Lipinski definition) is 0. The Labute approximate surface area is 364 Å². The monoisotopic (exact) mass is 791 g/mol. The number of para-hydroxylation sites is 1. The van der Waals surface area contributed by atoms with Gasteiger partial charge in [-0.3, -0.25) is 0 Å². The normalized spacial score (nSPS) is 12.5. The second-order valence-corrected chi connectivity index (χ2v) is 17.0. The van der Waals surface area contributed by atoms with Crippen LogP contribution in [0.1, 0.15) is 25.0 Å². The fourth-order valence-corrected chi connectivity index (χ4v) is 9.51. The Bertz CT molecular complexity index is 3220. The molecule has 11 rings (SSSR count). The fourth-order valence-electron chi connectivity index (χ4n) is 9.51. The highest BCUT2D eigenvalue weighted by Gasteiger charge is 2.36. The van der Waals surface area contributed by atoms with E-state index in [9.17, 15) is 0 Å². The van der Waals surface area contributed by atoms with E-state index in [-0.39, 0.29) is 5.41 Å². The average Bonchev–Trinajstić information content (AvgIpc) is 3.57. The van der Waals surface area contributed by atoms with Crippen molar-refractivity contribution >= 4 is 27.8 Å². The zero-order valence-electron chi connectivity index (χ0n) is 35.0. The van der Waals surface area contributed by atoms with Crippen LogP contribution in [0.15, 0.2) is 237 Å². The summed E-state index contributed by atoms with van der Waals surface area (Å²) >= 11 is 0. The number of hydrogen-bond acceptors (Lipinski definition) is 1. The lowest BCUT2D eigenvalue weighted by atomic mass is 9.81. The predicted octanol–water partition coefficient (Wildman–Crippen LogP) is 17.0. The molecule has 0 atom stereocenters. The van der Waals surface area contributed by atoms with Crippen molar-refractivity contribution in [1.82, 2.24) is 0 Å². The summed E-state index contributed by atoms with van der Waals surface area (Å²) in [6.45, 7) is 4.77. The third kappa shape index (κ3) is 6.69. The molecule has 0 unspecified atom stereocenters. The van der Waals surface area contributed by atoms with Gasteiger partial charge in [-0.25, -0.2) is 0 Å². The standard InChI is InChI=1S/C61H45N/c1-61(2)58-40-52(51-30-27-44-17-9-10-18-50(44)39-51)33-37-56(58)57-38-36-54(41-59(57)61)62(53-34-31-48(32-35-53)47-23-21-45(22-24-47)42-13-5-3-6-14-42)60-20-12-11-19-55(60)49-28-25-46(26-29-49)43-15-7-4-8-16-43/h3-41H,1-2H3. The van der Waals surface area contributed by atoms with E-state index in [1.165, 1.54) is 88.7 Å². The number of anilines is 3. The Balaban J connectivity index is 0.997. The third-order valence-electron chi connectivity index (χ3n) is 12.9. The van der Waals surface area contributed by atoms with Crippen LogP contribution in [0, 0.1) is 0 Å². The van der Waals surface area contributed by atoms with E-state index in [4.69, 9.17) is 0 Å². The SMILES string of the molecule is CC1(C)c2cc(-c3ccc4ccccc4c3)ccc2-c2ccc(N(c3ccc(-c4ccc(-c5ccccc5)cc4)cc3)c3ccccc3-c3ccc(-c4ccccc4)cc3)cc21. The van der Waals surface area contributed by atoms with E-state index >= 15 is 0 Å². The van der Waals surface area contributed by atoms with Gasteiger partial charge in [-0.1, -0.05) is 208 Å². The average molecular weight is 792 g/mol. The highest BCUT2D eigenvalue weighted by atomic mass is 15.1. The molecule has 0 saturated heterocycles. The van der Waals surface area contributed by atoms with Crippen molar-refractivity contribution in [3.8, 4) is 66.8 Å². The van der Waals surface area contributed by atoms with Crippen LogP contribution in [0.3, 0.4) is 0 Å². The largest absolute Gasteiger partial charge is 0.310 e. The first-order valence-electron chi connectivity index (χ1n) is 21.6. The number of rotatable bonds is 8. The van der Waals surface area contributed by atoms with Crippen LogP contribution >= 0.6 is 0 Å². The molecule has 0 heterocycles. The molecule has 0 aromatic heterocycles. The molecule has 0 bridgehead atoms. The summed E-state index contributed by atoms with van der Waals surface area (Å²) < 4.78 is 0. The maximum Gasteiger partial charge on any atom is 0.0540 e. The van der Waals surface area contributed by atoms with E-state index in [2.05, 4.69) is 255 Å². The van der Waals surface area contributed by atoms with Gasteiger partial charge in [0.2, 0.25) is 0 Å². The van der Waals surface area contributed by atoms with Crippen molar-refractivity contribution in [3.63, 3.8) is 0 Å². The molecule has 62 heavy (non-hydrogen) atoms. The Morgan fingerprint density at radius 2 is 0.694 bits per heavy atom. The summed E-state index contributed by atoms with van der Waals surface area (Å²) in [7, 11) is 0. The molecule has 10 aromatic rings. The molecular formula is C61H45N. The molecule has 0 fully saturated rings. The number of benzene rings is 10. The van der Waals surface area contributed by atoms with Crippen molar-refractivity contribution < 1.29 is 0 Å². The van der Waals surface area contributed by atoms with E-state index < -0.39 is 0 Å². The van der Waals surface area contributed by atoms with Crippen molar-refractivity contribution in [1.29, 1.82) is 0 Å². The Kier molecular flexibility index (Phi) is 9.24. The highest BCUT2D eigenvalue weighted by Crippen LogP contribution is 2.52. The van der Waals surface area contributed by atoms with Crippen LogP contribution in [-0.2, 0) is 5.41 Å². The van der Waals surface area contributed by atoms with E-state index in [1.807, 2.05) is 0 Å². The third-order valence-corrected chi connectivity index (χ3v) is 12.9. The van der Waals surface area contributed by atoms with Crippen LogP contribution in [0.25, 0.3) is 77.5 Å². The van der Waals surface area contributed by atoms with Crippen LogP contribution in [0.4, 0.5) is 17.1 Å². The molecule has 1 aliphatic rings. The lowest BCUT2D eigenvalue weighted by Crippen LogP contribution is -2.17. The van der Waals surface area contributed by atoms with E-state index in [0.717, 1.165) is 17.1 Å². The summed E-state index contributed by atoms with van der Waals surface area (Å²) in [5.41, 5.74) is 20.6. The fraction of sp³-hybridized carbons (Fsp3) is 0.0492. The van der Waals surface area contributed by atoms with Crippen LogP contribution in [0.5, 0.6) is 0 Å². The zero-order chi connectivity index (χ0) is 41.6. The Hall–Kier alpha value is -7.74. The summed E-state index contributed by atoms with van der Waals surface area (Å²) in [4.78, 5) is 2.45. The highest BCUT2D eigenvalue weighted by molar-refractivity contribution is 5.93. The molecular weight excluding hydrogens is 747 g/mol. The zero-order valence-corrected chi connectivity index (χ0v) is 35.0. The van der Waals surface area contributed by atoms with Gasteiger partial charge in [-0.05, 0) is 126 Å². The molecule has 0 saturated carbocycles. The van der Waals surface area contributed by atoms with Crippen molar-refractivity contribution in [2.45, 2.75) is 19.3 Å². The van der Waals surface area contributed by atoms with Gasteiger partial charge in [-0.2, -0.15) is 0 Å². The first-order valence-corrected chi connectivity index (χ1v) is 21.6. The smallest absolute Gasteiger partial charge is 0.0540 e. The van der Waals surface area contributed by atoms with E-state index in [1.54, 1.807) is 0 Å². The summed E-state index contributed by atoms with van der Waals surface area (Å²) in [5, 5.41) is 2.53.